The molecule has 0 saturated carbocycles. The average Bonchev–Trinajstić information content (AvgIpc) is 2.64. The van der Waals surface area contributed by atoms with E-state index in [2.05, 4.69) is 9.97 Å². The van der Waals surface area contributed by atoms with Gasteiger partial charge in [0, 0.05) is 5.69 Å². The summed E-state index contributed by atoms with van der Waals surface area (Å²) in [6.45, 7) is 3.91. The van der Waals surface area contributed by atoms with E-state index in [1.807, 2.05) is 26.0 Å². The molecule has 0 amide bonds. The van der Waals surface area contributed by atoms with E-state index in [1.165, 1.54) is 0 Å². The Bertz CT molecular complexity index is 479. The van der Waals surface area contributed by atoms with Gasteiger partial charge in [-0.2, -0.15) is 0 Å². The van der Waals surface area contributed by atoms with E-state index in [9.17, 15) is 0 Å². The molecule has 0 spiro atoms. The molecular weight excluding hydrogens is 212 g/mol. The third-order valence-corrected chi connectivity index (χ3v) is 2.26. The van der Waals surface area contributed by atoms with Gasteiger partial charge in [-0.25, -0.2) is 9.97 Å². The SMILES string of the molecule is CCc1cc(Cl)nc(-c2ccc(C)o2)n1. The van der Waals surface area contributed by atoms with Gasteiger partial charge in [-0.3, -0.25) is 0 Å². The summed E-state index contributed by atoms with van der Waals surface area (Å²) in [7, 11) is 0. The minimum atomic E-state index is 0.450. The summed E-state index contributed by atoms with van der Waals surface area (Å²) in [5.41, 5.74) is 0.916. The number of halogens is 1. The van der Waals surface area contributed by atoms with E-state index < -0.39 is 0 Å². The Hall–Kier alpha value is -1.35. The van der Waals surface area contributed by atoms with Crippen LogP contribution in [-0.4, -0.2) is 9.97 Å². The molecule has 0 bridgehead atoms. The van der Waals surface area contributed by atoms with Gasteiger partial charge >= 0.3 is 0 Å². The molecular formula is C11H11ClN2O. The summed E-state index contributed by atoms with van der Waals surface area (Å²) in [5.74, 6) is 2.05. The Morgan fingerprint density at radius 2 is 2.13 bits per heavy atom. The zero-order valence-corrected chi connectivity index (χ0v) is 9.38. The molecule has 0 unspecified atom stereocenters. The fourth-order valence-corrected chi connectivity index (χ4v) is 1.52. The van der Waals surface area contributed by atoms with Gasteiger partial charge < -0.3 is 4.42 Å². The van der Waals surface area contributed by atoms with Crippen molar-refractivity contribution < 1.29 is 4.42 Å². The predicted molar refractivity (Wildman–Crippen MR) is 58.9 cm³/mol. The van der Waals surface area contributed by atoms with Gasteiger partial charge in [-0.05, 0) is 31.5 Å². The number of rotatable bonds is 2. The van der Waals surface area contributed by atoms with Crippen LogP contribution in [0.4, 0.5) is 0 Å². The topological polar surface area (TPSA) is 38.9 Å². The maximum atomic E-state index is 5.89. The Morgan fingerprint density at radius 3 is 2.73 bits per heavy atom. The molecule has 0 aliphatic rings. The van der Waals surface area contributed by atoms with Crippen molar-refractivity contribution in [3.8, 4) is 11.6 Å². The minimum Gasteiger partial charge on any atom is -0.458 e. The summed E-state index contributed by atoms with van der Waals surface area (Å²) in [5, 5.41) is 0.450. The smallest absolute Gasteiger partial charge is 0.197 e. The number of aryl methyl sites for hydroxylation is 2. The molecule has 2 heterocycles. The van der Waals surface area contributed by atoms with Gasteiger partial charge in [-0.15, -0.1) is 0 Å². The Kier molecular flexibility index (Phi) is 2.73. The second-order valence-corrected chi connectivity index (χ2v) is 3.66. The minimum absolute atomic E-state index is 0.450. The van der Waals surface area contributed by atoms with Crippen LogP contribution in [0.25, 0.3) is 11.6 Å². The molecule has 0 aliphatic carbocycles. The third-order valence-electron chi connectivity index (χ3n) is 2.07. The van der Waals surface area contributed by atoms with Crippen LogP contribution in [0.2, 0.25) is 5.15 Å². The van der Waals surface area contributed by atoms with Crippen molar-refractivity contribution in [2.24, 2.45) is 0 Å². The van der Waals surface area contributed by atoms with Crippen molar-refractivity contribution >= 4 is 11.6 Å². The first kappa shape index (κ1) is 10.2. The van der Waals surface area contributed by atoms with Crippen molar-refractivity contribution in [2.75, 3.05) is 0 Å². The maximum Gasteiger partial charge on any atom is 0.197 e. The van der Waals surface area contributed by atoms with Gasteiger partial charge in [0.1, 0.15) is 10.9 Å². The Morgan fingerprint density at radius 1 is 1.33 bits per heavy atom. The summed E-state index contributed by atoms with van der Waals surface area (Å²) < 4.78 is 5.44. The fraction of sp³-hybridized carbons (Fsp3) is 0.273. The summed E-state index contributed by atoms with van der Waals surface area (Å²) >= 11 is 5.89. The zero-order valence-electron chi connectivity index (χ0n) is 8.62. The van der Waals surface area contributed by atoms with E-state index in [0.29, 0.717) is 16.7 Å². The Balaban J connectivity index is 2.48. The van der Waals surface area contributed by atoms with E-state index in [1.54, 1.807) is 6.07 Å². The first-order chi connectivity index (χ1) is 7.19. The second kappa shape index (κ2) is 4.03. The van der Waals surface area contributed by atoms with Crippen LogP contribution in [0.15, 0.2) is 22.6 Å². The van der Waals surface area contributed by atoms with Gasteiger partial charge in [-0.1, -0.05) is 18.5 Å². The molecule has 0 N–H and O–H groups in total. The molecule has 0 aliphatic heterocycles. The van der Waals surface area contributed by atoms with Gasteiger partial charge in [0.15, 0.2) is 11.6 Å². The molecule has 4 heteroatoms. The molecule has 0 aromatic carbocycles. The second-order valence-electron chi connectivity index (χ2n) is 3.27. The lowest BCUT2D eigenvalue weighted by Gasteiger charge is -2.00. The van der Waals surface area contributed by atoms with Crippen molar-refractivity contribution in [1.29, 1.82) is 0 Å². The van der Waals surface area contributed by atoms with E-state index in [0.717, 1.165) is 17.9 Å². The maximum absolute atomic E-state index is 5.89. The first-order valence-electron chi connectivity index (χ1n) is 4.79. The highest BCUT2D eigenvalue weighted by Crippen LogP contribution is 2.20. The van der Waals surface area contributed by atoms with Crippen LogP contribution in [0.3, 0.4) is 0 Å². The van der Waals surface area contributed by atoms with Crippen LogP contribution >= 0.6 is 11.6 Å². The molecule has 0 atom stereocenters. The molecule has 2 aromatic heterocycles. The predicted octanol–water partition coefficient (Wildman–Crippen LogP) is 3.26. The van der Waals surface area contributed by atoms with Crippen molar-refractivity contribution in [3.05, 3.63) is 34.8 Å². The summed E-state index contributed by atoms with van der Waals surface area (Å²) in [4.78, 5) is 8.47. The average molecular weight is 223 g/mol. The summed E-state index contributed by atoms with van der Waals surface area (Å²) in [6.07, 6.45) is 0.828. The molecule has 3 nitrogen and oxygen atoms in total. The summed E-state index contributed by atoms with van der Waals surface area (Å²) in [6, 6.07) is 5.49. The van der Waals surface area contributed by atoms with Crippen molar-refractivity contribution in [2.45, 2.75) is 20.3 Å². The first-order valence-corrected chi connectivity index (χ1v) is 5.17. The molecule has 0 fully saturated rings. The van der Waals surface area contributed by atoms with Crippen LogP contribution in [-0.2, 0) is 6.42 Å². The monoisotopic (exact) mass is 222 g/mol. The fourth-order valence-electron chi connectivity index (χ4n) is 1.31. The lowest BCUT2D eigenvalue weighted by Crippen LogP contribution is -1.93. The quantitative estimate of drug-likeness (QED) is 0.733. The van der Waals surface area contributed by atoms with E-state index in [-0.39, 0.29) is 0 Å². The lowest BCUT2D eigenvalue weighted by atomic mass is 10.3. The van der Waals surface area contributed by atoms with E-state index in [4.69, 9.17) is 16.0 Å². The molecule has 0 radical (unpaired) electrons. The number of nitrogens with zero attached hydrogens (tertiary/aromatic N) is 2. The van der Waals surface area contributed by atoms with Crippen molar-refractivity contribution in [3.63, 3.8) is 0 Å². The van der Waals surface area contributed by atoms with Gasteiger partial charge in [0.2, 0.25) is 0 Å². The van der Waals surface area contributed by atoms with Crippen LogP contribution in [0.1, 0.15) is 18.4 Å². The molecule has 0 saturated heterocycles. The molecule has 78 valence electrons. The highest BCUT2D eigenvalue weighted by molar-refractivity contribution is 6.29. The number of aromatic nitrogens is 2. The van der Waals surface area contributed by atoms with E-state index >= 15 is 0 Å². The highest BCUT2D eigenvalue weighted by Gasteiger charge is 2.08. The molecule has 2 aromatic rings. The standard InChI is InChI=1S/C11H11ClN2O/c1-3-8-6-10(12)14-11(13-8)9-5-4-7(2)15-9/h4-6H,3H2,1-2H3. The number of hydrogen-bond donors (Lipinski definition) is 0. The number of furan rings is 1. The molecule has 2 rings (SSSR count). The Labute approximate surface area is 93.1 Å². The van der Waals surface area contributed by atoms with Crippen LogP contribution in [0.5, 0.6) is 0 Å². The van der Waals surface area contributed by atoms with Gasteiger partial charge in [0.05, 0.1) is 0 Å². The molecule has 15 heavy (non-hydrogen) atoms. The largest absolute Gasteiger partial charge is 0.458 e. The van der Waals surface area contributed by atoms with Crippen molar-refractivity contribution in [1.82, 2.24) is 9.97 Å². The highest BCUT2D eigenvalue weighted by atomic mass is 35.5. The number of hydrogen-bond acceptors (Lipinski definition) is 3. The lowest BCUT2D eigenvalue weighted by molar-refractivity contribution is 0.543. The zero-order chi connectivity index (χ0) is 10.8. The van der Waals surface area contributed by atoms with Gasteiger partial charge in [0.25, 0.3) is 0 Å². The third kappa shape index (κ3) is 2.18. The van der Waals surface area contributed by atoms with Crippen LogP contribution in [0, 0.1) is 6.92 Å². The normalized spacial score (nSPS) is 10.6. The van der Waals surface area contributed by atoms with Crippen LogP contribution < -0.4 is 0 Å².